The summed E-state index contributed by atoms with van der Waals surface area (Å²) in [4.78, 5) is 8.04. The van der Waals surface area contributed by atoms with E-state index in [1.807, 2.05) is 13.8 Å². The highest BCUT2D eigenvalue weighted by Crippen LogP contribution is 2.38. The standard InChI is InChI=1S/C17H15FN2O2/c1-9(2)16-14(21)7-11(8-15(16)22)10-5-12(18)17-13(6-10)19-3-4-20-17/h3-9,21-22H,1-2H3. The Labute approximate surface area is 126 Å². The predicted molar refractivity (Wildman–Crippen MR) is 82.4 cm³/mol. The summed E-state index contributed by atoms with van der Waals surface area (Å²) in [6.07, 6.45) is 2.92. The third-order valence-corrected chi connectivity index (χ3v) is 3.57. The van der Waals surface area contributed by atoms with Crippen LogP contribution in [-0.2, 0) is 0 Å². The molecule has 2 N–H and O–H groups in total. The Morgan fingerprint density at radius 3 is 2.14 bits per heavy atom. The molecule has 5 heteroatoms. The van der Waals surface area contributed by atoms with Crippen LogP contribution in [0.5, 0.6) is 11.5 Å². The Morgan fingerprint density at radius 1 is 0.909 bits per heavy atom. The molecule has 3 rings (SSSR count). The van der Waals surface area contributed by atoms with Gasteiger partial charge < -0.3 is 10.2 Å². The van der Waals surface area contributed by atoms with Crippen LogP contribution in [0.3, 0.4) is 0 Å². The maximum atomic E-state index is 14.1. The van der Waals surface area contributed by atoms with Crippen molar-refractivity contribution in [1.82, 2.24) is 9.97 Å². The quantitative estimate of drug-likeness (QED) is 0.751. The number of nitrogens with zero attached hydrogens (tertiary/aromatic N) is 2. The van der Waals surface area contributed by atoms with Crippen LogP contribution in [-0.4, -0.2) is 20.2 Å². The highest BCUT2D eigenvalue weighted by molar-refractivity contribution is 5.82. The molecule has 0 aliphatic heterocycles. The second-order valence-corrected chi connectivity index (χ2v) is 5.47. The van der Waals surface area contributed by atoms with Gasteiger partial charge in [0.2, 0.25) is 0 Å². The van der Waals surface area contributed by atoms with Gasteiger partial charge in [0.15, 0.2) is 5.82 Å². The number of aromatic hydroxyl groups is 2. The first-order valence-corrected chi connectivity index (χ1v) is 6.94. The zero-order valence-corrected chi connectivity index (χ0v) is 12.2. The molecule has 3 aromatic rings. The summed E-state index contributed by atoms with van der Waals surface area (Å²) in [5.41, 5.74) is 2.13. The van der Waals surface area contributed by atoms with Crippen LogP contribution >= 0.6 is 0 Å². The Morgan fingerprint density at radius 2 is 1.50 bits per heavy atom. The van der Waals surface area contributed by atoms with E-state index in [1.165, 1.54) is 30.6 Å². The smallest absolute Gasteiger partial charge is 0.151 e. The molecule has 112 valence electrons. The van der Waals surface area contributed by atoms with Crippen molar-refractivity contribution in [2.45, 2.75) is 19.8 Å². The van der Waals surface area contributed by atoms with Gasteiger partial charge in [-0.1, -0.05) is 13.8 Å². The number of hydrogen-bond donors (Lipinski definition) is 2. The SMILES string of the molecule is CC(C)c1c(O)cc(-c2cc(F)c3nccnc3c2)cc1O. The average Bonchev–Trinajstić information content (AvgIpc) is 2.46. The van der Waals surface area contributed by atoms with Gasteiger partial charge in [-0.2, -0.15) is 0 Å². The fourth-order valence-electron chi connectivity index (χ4n) is 2.58. The first-order chi connectivity index (χ1) is 10.5. The maximum Gasteiger partial charge on any atom is 0.151 e. The number of rotatable bonds is 2. The number of phenolic OH excluding ortho intramolecular Hbond substituents is 2. The van der Waals surface area contributed by atoms with Crippen molar-refractivity contribution in [1.29, 1.82) is 0 Å². The van der Waals surface area contributed by atoms with E-state index in [1.54, 1.807) is 6.07 Å². The van der Waals surface area contributed by atoms with Gasteiger partial charge in [0.25, 0.3) is 0 Å². The zero-order chi connectivity index (χ0) is 15.9. The van der Waals surface area contributed by atoms with Crippen LogP contribution in [0.1, 0.15) is 25.3 Å². The molecule has 1 aromatic heterocycles. The lowest BCUT2D eigenvalue weighted by Crippen LogP contribution is -1.92. The lowest BCUT2D eigenvalue weighted by molar-refractivity contribution is 0.434. The van der Waals surface area contributed by atoms with Crippen molar-refractivity contribution in [2.24, 2.45) is 0 Å². The summed E-state index contributed by atoms with van der Waals surface area (Å²) in [6, 6.07) is 6.03. The Hall–Kier alpha value is -2.69. The summed E-state index contributed by atoms with van der Waals surface area (Å²) in [5, 5.41) is 20.2. The van der Waals surface area contributed by atoms with E-state index >= 15 is 0 Å². The minimum Gasteiger partial charge on any atom is -0.507 e. The van der Waals surface area contributed by atoms with E-state index in [4.69, 9.17) is 0 Å². The monoisotopic (exact) mass is 298 g/mol. The molecular weight excluding hydrogens is 283 g/mol. The Balaban J connectivity index is 2.20. The Bertz CT molecular complexity index is 839. The topological polar surface area (TPSA) is 66.2 Å². The summed E-state index contributed by atoms with van der Waals surface area (Å²) in [7, 11) is 0. The highest BCUT2D eigenvalue weighted by Gasteiger charge is 2.15. The molecule has 0 bridgehead atoms. The van der Waals surface area contributed by atoms with Gasteiger partial charge >= 0.3 is 0 Å². The van der Waals surface area contributed by atoms with Crippen molar-refractivity contribution in [3.63, 3.8) is 0 Å². The molecule has 0 aliphatic carbocycles. The maximum absolute atomic E-state index is 14.1. The van der Waals surface area contributed by atoms with Crippen LogP contribution in [0.25, 0.3) is 22.2 Å². The fourth-order valence-corrected chi connectivity index (χ4v) is 2.58. The predicted octanol–water partition coefficient (Wildman–Crippen LogP) is 3.97. The molecule has 0 aliphatic rings. The third-order valence-electron chi connectivity index (χ3n) is 3.57. The zero-order valence-electron chi connectivity index (χ0n) is 12.2. The first kappa shape index (κ1) is 14.3. The molecule has 0 radical (unpaired) electrons. The fraction of sp³-hybridized carbons (Fsp3) is 0.176. The molecule has 4 nitrogen and oxygen atoms in total. The number of phenols is 2. The summed E-state index contributed by atoms with van der Waals surface area (Å²) >= 11 is 0. The molecule has 1 heterocycles. The van der Waals surface area contributed by atoms with Gasteiger partial charge in [-0.15, -0.1) is 0 Å². The van der Waals surface area contributed by atoms with Gasteiger partial charge in [-0.05, 0) is 41.3 Å². The van der Waals surface area contributed by atoms with Gasteiger partial charge in [-0.3, -0.25) is 4.98 Å². The number of hydrogen-bond acceptors (Lipinski definition) is 4. The van der Waals surface area contributed by atoms with Crippen molar-refractivity contribution < 1.29 is 14.6 Å². The van der Waals surface area contributed by atoms with Gasteiger partial charge in [0.05, 0.1) is 5.52 Å². The summed E-state index contributed by atoms with van der Waals surface area (Å²) in [5.74, 6) is -0.532. The van der Waals surface area contributed by atoms with Crippen LogP contribution in [0.2, 0.25) is 0 Å². The lowest BCUT2D eigenvalue weighted by Gasteiger charge is -2.13. The van der Waals surface area contributed by atoms with E-state index in [0.29, 0.717) is 22.2 Å². The minimum absolute atomic E-state index is 0.00958. The van der Waals surface area contributed by atoms with Gasteiger partial charge in [-0.25, -0.2) is 9.37 Å². The first-order valence-electron chi connectivity index (χ1n) is 6.94. The highest BCUT2D eigenvalue weighted by atomic mass is 19.1. The van der Waals surface area contributed by atoms with E-state index < -0.39 is 5.82 Å². The normalized spacial score (nSPS) is 11.3. The molecule has 2 aromatic carbocycles. The van der Waals surface area contributed by atoms with E-state index in [2.05, 4.69) is 9.97 Å². The summed E-state index contributed by atoms with van der Waals surface area (Å²) < 4.78 is 14.1. The molecule has 0 atom stereocenters. The molecule has 22 heavy (non-hydrogen) atoms. The average molecular weight is 298 g/mol. The minimum atomic E-state index is -0.493. The second kappa shape index (κ2) is 5.26. The number of fused-ring (bicyclic) bond motifs is 1. The van der Waals surface area contributed by atoms with Crippen LogP contribution in [0.15, 0.2) is 36.7 Å². The van der Waals surface area contributed by atoms with E-state index in [-0.39, 0.29) is 22.9 Å². The van der Waals surface area contributed by atoms with Crippen molar-refractivity contribution in [2.75, 3.05) is 0 Å². The van der Waals surface area contributed by atoms with Crippen molar-refractivity contribution in [3.8, 4) is 22.6 Å². The molecule has 0 spiro atoms. The largest absolute Gasteiger partial charge is 0.507 e. The summed E-state index contributed by atoms with van der Waals surface area (Å²) in [6.45, 7) is 3.75. The number of aromatic nitrogens is 2. The third kappa shape index (κ3) is 2.35. The molecular formula is C17H15FN2O2. The van der Waals surface area contributed by atoms with Crippen LogP contribution < -0.4 is 0 Å². The van der Waals surface area contributed by atoms with Crippen molar-refractivity contribution >= 4 is 11.0 Å². The van der Waals surface area contributed by atoms with Gasteiger partial charge in [0.1, 0.15) is 17.0 Å². The lowest BCUT2D eigenvalue weighted by atomic mass is 9.96. The van der Waals surface area contributed by atoms with Crippen LogP contribution in [0.4, 0.5) is 4.39 Å². The molecule has 0 saturated carbocycles. The molecule has 0 saturated heterocycles. The van der Waals surface area contributed by atoms with E-state index in [0.717, 1.165) is 0 Å². The van der Waals surface area contributed by atoms with E-state index in [9.17, 15) is 14.6 Å². The van der Waals surface area contributed by atoms with Crippen LogP contribution in [0, 0.1) is 5.82 Å². The molecule has 0 amide bonds. The van der Waals surface area contributed by atoms with Crippen molar-refractivity contribution in [3.05, 3.63) is 48.0 Å². The Kier molecular flexibility index (Phi) is 3.41. The number of benzene rings is 2. The molecule has 0 fully saturated rings. The second-order valence-electron chi connectivity index (χ2n) is 5.47. The number of halogens is 1. The van der Waals surface area contributed by atoms with Gasteiger partial charge in [0, 0.05) is 18.0 Å². The molecule has 0 unspecified atom stereocenters.